The van der Waals surface area contributed by atoms with Gasteiger partial charge in [0, 0.05) is 5.56 Å². The molecule has 1 aromatic heterocycles. The average molecular weight is 295 g/mol. The fourth-order valence-electron chi connectivity index (χ4n) is 0.655. The summed E-state index contributed by atoms with van der Waals surface area (Å²) in [5.74, 6) is 2.47. The first-order chi connectivity index (χ1) is 5.15. The van der Waals surface area contributed by atoms with E-state index in [0.717, 1.165) is 13.1 Å². The van der Waals surface area contributed by atoms with Crippen molar-refractivity contribution in [2.24, 2.45) is 5.73 Å². The maximum absolute atomic E-state index is 5.63. The summed E-state index contributed by atoms with van der Waals surface area (Å²) in [6.45, 7) is 0. The van der Waals surface area contributed by atoms with E-state index in [-0.39, 0.29) is 6.04 Å². The molecule has 1 atom stereocenters. The largest absolute Gasteiger partial charge is 0.314 e. The molecule has 4 heteroatoms. The lowest BCUT2D eigenvalue weighted by Gasteiger charge is -1.99. The molecule has 2 N–H and O–H groups in total. The first-order valence-electron chi connectivity index (χ1n) is 2.81. The summed E-state index contributed by atoms with van der Waals surface area (Å²) < 4.78 is 2.03. The van der Waals surface area contributed by atoms with Gasteiger partial charge in [0.15, 0.2) is 0 Å². The minimum atomic E-state index is -0.313. The Morgan fingerprint density at radius 2 is 2.27 bits per heavy atom. The summed E-state index contributed by atoms with van der Waals surface area (Å²) in [6, 6.07) is 1.62. The Hall–Kier alpha value is 0.180. The third kappa shape index (κ3) is 2.06. The molecule has 0 aliphatic heterocycles. The predicted molar refractivity (Wildman–Crippen MR) is 55.5 cm³/mol. The van der Waals surface area contributed by atoms with Gasteiger partial charge in [0.25, 0.3) is 0 Å². The van der Waals surface area contributed by atoms with Gasteiger partial charge in [0.1, 0.15) is 0 Å². The Labute approximate surface area is 86.2 Å². The molecule has 1 aromatic rings. The van der Waals surface area contributed by atoms with Crippen LogP contribution in [-0.2, 0) is 0 Å². The van der Waals surface area contributed by atoms with Gasteiger partial charge in [-0.3, -0.25) is 0 Å². The zero-order valence-electron chi connectivity index (χ0n) is 5.47. The van der Waals surface area contributed by atoms with Crippen LogP contribution in [0.15, 0.2) is 13.6 Å². The molecular weight excluding hydrogens is 290 g/mol. The molecule has 1 unspecified atom stereocenters. The van der Waals surface area contributed by atoms with Gasteiger partial charge in [0.05, 0.1) is 13.6 Å². The van der Waals surface area contributed by atoms with Crippen LogP contribution in [0.5, 0.6) is 0 Å². The fourth-order valence-corrected chi connectivity index (χ4v) is 3.58. The van der Waals surface area contributed by atoms with E-state index in [2.05, 4.69) is 37.8 Å². The van der Waals surface area contributed by atoms with Gasteiger partial charge < -0.3 is 5.73 Å². The smallest absolute Gasteiger partial charge is 0.0937 e. The first kappa shape index (κ1) is 9.27. The summed E-state index contributed by atoms with van der Waals surface area (Å²) in [4.78, 5) is 0. The van der Waals surface area contributed by atoms with Crippen LogP contribution in [0.1, 0.15) is 11.6 Å². The lowest BCUT2D eigenvalue weighted by atomic mass is 10.2. The highest BCUT2D eigenvalue weighted by Crippen LogP contribution is 2.34. The van der Waals surface area contributed by atoms with Crippen molar-refractivity contribution in [1.82, 2.24) is 0 Å². The minimum absolute atomic E-state index is 0.313. The van der Waals surface area contributed by atoms with Crippen LogP contribution >= 0.6 is 43.2 Å². The van der Waals surface area contributed by atoms with Gasteiger partial charge in [-0.1, -0.05) is 5.92 Å². The number of thiophene rings is 1. The Balaban J connectivity index is 3.05. The maximum Gasteiger partial charge on any atom is 0.0937 e. The maximum atomic E-state index is 5.63. The minimum Gasteiger partial charge on any atom is -0.314 e. The van der Waals surface area contributed by atoms with Gasteiger partial charge in [-0.25, -0.2) is 0 Å². The quantitative estimate of drug-likeness (QED) is 0.792. The van der Waals surface area contributed by atoms with E-state index in [1.54, 1.807) is 11.3 Å². The lowest BCUT2D eigenvalue weighted by molar-refractivity contribution is 0.948. The number of halogens is 2. The normalized spacial score (nSPS) is 12.5. The molecule has 0 radical (unpaired) electrons. The third-order valence-electron chi connectivity index (χ3n) is 1.20. The van der Waals surface area contributed by atoms with E-state index in [1.807, 2.05) is 6.07 Å². The second-order valence-electron chi connectivity index (χ2n) is 1.92. The van der Waals surface area contributed by atoms with Gasteiger partial charge in [-0.2, -0.15) is 0 Å². The van der Waals surface area contributed by atoms with Crippen molar-refractivity contribution < 1.29 is 0 Å². The van der Waals surface area contributed by atoms with Crippen LogP contribution in [-0.4, -0.2) is 0 Å². The standard InChI is InChI=1S/C7H5Br2NS/c1-2-5(10)4-3-6(8)11-7(4)9/h1,3,5H,10H2. The Morgan fingerprint density at radius 1 is 1.64 bits per heavy atom. The van der Waals surface area contributed by atoms with Crippen molar-refractivity contribution in [1.29, 1.82) is 0 Å². The highest BCUT2D eigenvalue weighted by Gasteiger charge is 2.09. The van der Waals surface area contributed by atoms with Crippen molar-refractivity contribution in [3.05, 3.63) is 19.2 Å². The number of nitrogens with two attached hydrogens (primary N) is 1. The fraction of sp³-hybridized carbons (Fsp3) is 0.143. The van der Waals surface area contributed by atoms with E-state index in [1.165, 1.54) is 0 Å². The van der Waals surface area contributed by atoms with Crippen LogP contribution in [0.4, 0.5) is 0 Å². The van der Waals surface area contributed by atoms with Gasteiger partial charge in [0.2, 0.25) is 0 Å². The van der Waals surface area contributed by atoms with Crippen molar-refractivity contribution in [2.75, 3.05) is 0 Å². The topological polar surface area (TPSA) is 26.0 Å². The Bertz CT molecular complexity index is 300. The summed E-state index contributed by atoms with van der Waals surface area (Å²) in [5, 5.41) is 0. The molecule has 1 rings (SSSR count). The molecule has 0 saturated carbocycles. The molecule has 0 aliphatic rings. The summed E-state index contributed by atoms with van der Waals surface area (Å²) >= 11 is 8.29. The van der Waals surface area contributed by atoms with Crippen molar-refractivity contribution in [3.63, 3.8) is 0 Å². The van der Waals surface area contributed by atoms with Gasteiger partial charge in [-0.05, 0) is 37.9 Å². The van der Waals surface area contributed by atoms with E-state index in [9.17, 15) is 0 Å². The highest BCUT2D eigenvalue weighted by molar-refractivity contribution is 9.12. The molecule has 1 heterocycles. The van der Waals surface area contributed by atoms with Crippen molar-refractivity contribution in [3.8, 4) is 12.3 Å². The molecule has 0 saturated heterocycles. The molecule has 0 amide bonds. The van der Waals surface area contributed by atoms with Crippen LogP contribution in [0.3, 0.4) is 0 Å². The highest BCUT2D eigenvalue weighted by atomic mass is 79.9. The zero-order valence-corrected chi connectivity index (χ0v) is 9.46. The van der Waals surface area contributed by atoms with Crippen LogP contribution < -0.4 is 5.73 Å². The monoisotopic (exact) mass is 293 g/mol. The van der Waals surface area contributed by atoms with E-state index >= 15 is 0 Å². The summed E-state index contributed by atoms with van der Waals surface area (Å²) in [5.41, 5.74) is 6.59. The van der Waals surface area contributed by atoms with Crippen LogP contribution in [0.25, 0.3) is 0 Å². The molecule has 0 bridgehead atoms. The molecule has 0 aliphatic carbocycles. The number of hydrogen-bond donors (Lipinski definition) is 1. The molecular formula is C7H5Br2NS. The SMILES string of the molecule is C#CC(N)c1cc(Br)sc1Br. The Morgan fingerprint density at radius 3 is 2.64 bits per heavy atom. The van der Waals surface area contributed by atoms with Crippen LogP contribution in [0, 0.1) is 12.3 Å². The average Bonchev–Trinajstić information content (AvgIpc) is 2.28. The van der Waals surface area contributed by atoms with E-state index < -0.39 is 0 Å². The van der Waals surface area contributed by atoms with E-state index in [0.29, 0.717) is 0 Å². The van der Waals surface area contributed by atoms with E-state index in [4.69, 9.17) is 12.2 Å². The zero-order chi connectivity index (χ0) is 8.43. The van der Waals surface area contributed by atoms with Gasteiger partial charge in [-0.15, -0.1) is 17.8 Å². The third-order valence-corrected chi connectivity index (χ3v) is 3.58. The second kappa shape index (κ2) is 3.72. The predicted octanol–water partition coefficient (Wildman–Crippen LogP) is 2.91. The molecule has 1 nitrogen and oxygen atoms in total. The summed E-state index contributed by atoms with van der Waals surface area (Å²) in [6.07, 6.45) is 5.18. The van der Waals surface area contributed by atoms with Gasteiger partial charge >= 0.3 is 0 Å². The van der Waals surface area contributed by atoms with Crippen molar-refractivity contribution in [2.45, 2.75) is 6.04 Å². The molecule has 0 fully saturated rings. The number of rotatable bonds is 1. The lowest BCUT2D eigenvalue weighted by Crippen LogP contribution is -2.05. The molecule has 11 heavy (non-hydrogen) atoms. The summed E-state index contributed by atoms with van der Waals surface area (Å²) in [7, 11) is 0. The first-order valence-corrected chi connectivity index (χ1v) is 5.22. The molecule has 58 valence electrons. The number of hydrogen-bond acceptors (Lipinski definition) is 2. The molecule has 0 spiro atoms. The van der Waals surface area contributed by atoms with Crippen LogP contribution in [0.2, 0.25) is 0 Å². The Kier molecular flexibility index (Phi) is 3.14. The second-order valence-corrected chi connectivity index (χ2v) is 5.67. The van der Waals surface area contributed by atoms with Crippen molar-refractivity contribution >= 4 is 43.2 Å². The molecule has 0 aromatic carbocycles. The number of terminal acetylenes is 1.